The van der Waals surface area contributed by atoms with E-state index in [-0.39, 0.29) is 12.6 Å². The second-order valence-corrected chi connectivity index (χ2v) is 6.87. The van der Waals surface area contributed by atoms with Crippen LogP contribution in [0.1, 0.15) is 32.6 Å². The molecule has 3 atom stereocenters. The second-order valence-electron chi connectivity index (χ2n) is 5.17. The topological polar surface area (TPSA) is 86.7 Å². The highest BCUT2D eigenvalue weighted by Gasteiger charge is 2.41. The van der Waals surface area contributed by atoms with Crippen molar-refractivity contribution in [3.63, 3.8) is 0 Å². The fourth-order valence-corrected chi connectivity index (χ4v) is 4.04. The molecular formula is C11H20N2O4S. The van der Waals surface area contributed by atoms with Crippen molar-refractivity contribution in [2.45, 2.75) is 38.6 Å². The van der Waals surface area contributed by atoms with Crippen molar-refractivity contribution < 1.29 is 18.3 Å². The van der Waals surface area contributed by atoms with E-state index >= 15 is 0 Å². The van der Waals surface area contributed by atoms with Crippen molar-refractivity contribution in [3.05, 3.63) is 0 Å². The standard InChI is InChI=1S/C11H20N2O4S/c1-2-8-6-10(8)12-18(16,17)13-5-3-4-9(7-13)11(14)15/h8-10,12H,2-7H2,1H3,(H,14,15). The van der Waals surface area contributed by atoms with Gasteiger partial charge in [0.25, 0.3) is 10.2 Å². The van der Waals surface area contributed by atoms with E-state index in [0.29, 0.717) is 25.3 Å². The number of nitrogens with one attached hydrogen (secondary N) is 1. The van der Waals surface area contributed by atoms with Crippen LogP contribution < -0.4 is 4.72 Å². The van der Waals surface area contributed by atoms with E-state index in [2.05, 4.69) is 4.72 Å². The van der Waals surface area contributed by atoms with Gasteiger partial charge in [0.15, 0.2) is 0 Å². The SMILES string of the molecule is CCC1CC1NS(=O)(=O)N1CCCC(C(=O)O)C1. The summed E-state index contributed by atoms with van der Waals surface area (Å²) in [5.74, 6) is -1.04. The van der Waals surface area contributed by atoms with E-state index in [1.165, 1.54) is 4.31 Å². The van der Waals surface area contributed by atoms with Crippen LogP contribution in [0.5, 0.6) is 0 Å². The lowest BCUT2D eigenvalue weighted by atomic mass is 10.0. The third-order valence-corrected chi connectivity index (χ3v) is 5.43. The fourth-order valence-electron chi connectivity index (χ4n) is 2.47. The summed E-state index contributed by atoms with van der Waals surface area (Å²) in [7, 11) is -3.51. The second kappa shape index (κ2) is 5.14. The van der Waals surface area contributed by atoms with Crippen molar-refractivity contribution in [1.29, 1.82) is 0 Å². The molecule has 0 aromatic rings. The number of carbonyl (C=O) groups is 1. The largest absolute Gasteiger partial charge is 0.481 e. The molecule has 104 valence electrons. The molecule has 0 radical (unpaired) electrons. The summed E-state index contributed by atoms with van der Waals surface area (Å²) in [6.45, 7) is 2.55. The number of carboxylic acids is 1. The molecular weight excluding hydrogens is 256 g/mol. The third kappa shape index (κ3) is 3.02. The number of hydrogen-bond acceptors (Lipinski definition) is 3. The quantitative estimate of drug-likeness (QED) is 0.761. The van der Waals surface area contributed by atoms with Gasteiger partial charge in [0.1, 0.15) is 0 Å². The van der Waals surface area contributed by atoms with Crippen molar-refractivity contribution in [3.8, 4) is 0 Å². The number of piperidine rings is 1. The van der Waals surface area contributed by atoms with Crippen molar-refractivity contribution in [2.75, 3.05) is 13.1 Å². The molecule has 6 nitrogen and oxygen atoms in total. The number of aliphatic carboxylic acids is 1. The predicted molar refractivity (Wildman–Crippen MR) is 66.2 cm³/mol. The molecule has 0 spiro atoms. The number of hydrogen-bond donors (Lipinski definition) is 2. The molecule has 1 saturated heterocycles. The van der Waals surface area contributed by atoms with Crippen LogP contribution >= 0.6 is 0 Å². The summed E-state index contributed by atoms with van der Waals surface area (Å²) in [5.41, 5.74) is 0. The zero-order valence-corrected chi connectivity index (χ0v) is 11.3. The van der Waals surface area contributed by atoms with Crippen molar-refractivity contribution in [2.24, 2.45) is 11.8 Å². The van der Waals surface area contributed by atoms with E-state index in [4.69, 9.17) is 5.11 Å². The Morgan fingerprint density at radius 1 is 1.50 bits per heavy atom. The zero-order valence-electron chi connectivity index (χ0n) is 10.5. The molecule has 0 aromatic carbocycles. The maximum Gasteiger partial charge on any atom is 0.307 e. The van der Waals surface area contributed by atoms with Crippen LogP contribution in [-0.2, 0) is 15.0 Å². The summed E-state index contributed by atoms with van der Waals surface area (Å²) >= 11 is 0. The first-order valence-electron chi connectivity index (χ1n) is 6.44. The first-order valence-corrected chi connectivity index (χ1v) is 7.88. The Morgan fingerprint density at radius 3 is 2.78 bits per heavy atom. The molecule has 1 aliphatic carbocycles. The Labute approximate surface area is 108 Å². The minimum atomic E-state index is -3.51. The molecule has 1 heterocycles. The van der Waals surface area contributed by atoms with Gasteiger partial charge >= 0.3 is 5.97 Å². The van der Waals surface area contributed by atoms with Gasteiger partial charge in [-0.25, -0.2) is 0 Å². The first-order chi connectivity index (χ1) is 8.44. The molecule has 3 unspecified atom stereocenters. The van der Waals surface area contributed by atoms with Crippen LogP contribution in [0, 0.1) is 11.8 Å². The molecule has 0 amide bonds. The molecule has 2 aliphatic rings. The van der Waals surface area contributed by atoms with E-state index in [1.54, 1.807) is 0 Å². The Bertz CT molecular complexity index is 423. The smallest absolute Gasteiger partial charge is 0.307 e. The van der Waals surface area contributed by atoms with Gasteiger partial charge in [-0.3, -0.25) is 4.79 Å². The van der Waals surface area contributed by atoms with Crippen LogP contribution in [0.25, 0.3) is 0 Å². The van der Waals surface area contributed by atoms with Gasteiger partial charge < -0.3 is 5.11 Å². The molecule has 2 N–H and O–H groups in total. The Hall–Kier alpha value is -0.660. The summed E-state index contributed by atoms with van der Waals surface area (Å²) in [6, 6.07) is 0.0465. The van der Waals surface area contributed by atoms with Gasteiger partial charge in [0, 0.05) is 19.1 Å². The summed E-state index contributed by atoms with van der Waals surface area (Å²) < 4.78 is 28.1. The van der Waals surface area contributed by atoms with E-state index in [9.17, 15) is 13.2 Å². The molecule has 0 aromatic heterocycles. The van der Waals surface area contributed by atoms with Crippen LogP contribution in [0.4, 0.5) is 0 Å². The number of rotatable bonds is 5. The lowest BCUT2D eigenvalue weighted by molar-refractivity contribution is -0.142. The first kappa shape index (κ1) is 13.8. The highest BCUT2D eigenvalue weighted by molar-refractivity contribution is 7.87. The average molecular weight is 276 g/mol. The van der Waals surface area contributed by atoms with Crippen LogP contribution in [0.3, 0.4) is 0 Å². The van der Waals surface area contributed by atoms with E-state index in [0.717, 1.165) is 12.8 Å². The molecule has 2 fully saturated rings. The minimum absolute atomic E-state index is 0.0465. The summed E-state index contributed by atoms with van der Waals surface area (Å²) in [4.78, 5) is 10.9. The normalized spacial score (nSPS) is 33.3. The molecule has 7 heteroatoms. The number of carboxylic acid groups (broad SMARTS) is 1. The van der Waals surface area contributed by atoms with Gasteiger partial charge in [-0.05, 0) is 25.2 Å². The van der Waals surface area contributed by atoms with E-state index < -0.39 is 22.1 Å². The third-order valence-electron chi connectivity index (χ3n) is 3.82. The summed E-state index contributed by atoms with van der Waals surface area (Å²) in [5, 5.41) is 8.95. The lowest BCUT2D eigenvalue weighted by Crippen LogP contribution is -2.48. The van der Waals surface area contributed by atoms with Crippen molar-refractivity contribution in [1.82, 2.24) is 9.03 Å². The van der Waals surface area contributed by atoms with Crippen molar-refractivity contribution >= 4 is 16.2 Å². The lowest BCUT2D eigenvalue weighted by Gasteiger charge is -2.29. The maximum absolute atomic E-state index is 12.1. The highest BCUT2D eigenvalue weighted by Crippen LogP contribution is 2.34. The molecule has 1 saturated carbocycles. The monoisotopic (exact) mass is 276 g/mol. The molecule has 18 heavy (non-hydrogen) atoms. The molecule has 1 aliphatic heterocycles. The van der Waals surface area contributed by atoms with Gasteiger partial charge in [-0.2, -0.15) is 17.4 Å². The van der Waals surface area contributed by atoms with Gasteiger partial charge in [-0.1, -0.05) is 13.3 Å². The van der Waals surface area contributed by atoms with Crippen LogP contribution in [0.2, 0.25) is 0 Å². The van der Waals surface area contributed by atoms with Gasteiger partial charge in [-0.15, -0.1) is 0 Å². The van der Waals surface area contributed by atoms with Gasteiger partial charge in [0.2, 0.25) is 0 Å². The van der Waals surface area contributed by atoms with Crippen LogP contribution in [0.15, 0.2) is 0 Å². The Morgan fingerprint density at radius 2 is 2.22 bits per heavy atom. The molecule has 0 bridgehead atoms. The minimum Gasteiger partial charge on any atom is -0.481 e. The zero-order chi connectivity index (χ0) is 13.3. The predicted octanol–water partition coefficient (Wildman–Crippen LogP) is 0.416. The number of nitrogens with zero attached hydrogens (tertiary/aromatic N) is 1. The Kier molecular flexibility index (Phi) is 3.93. The Balaban J connectivity index is 1.95. The van der Waals surface area contributed by atoms with Gasteiger partial charge in [0.05, 0.1) is 5.92 Å². The maximum atomic E-state index is 12.1. The summed E-state index contributed by atoms with van der Waals surface area (Å²) in [6.07, 6.45) is 3.04. The van der Waals surface area contributed by atoms with Crippen LogP contribution in [-0.4, -0.2) is 42.9 Å². The average Bonchev–Trinajstić information content (AvgIpc) is 3.07. The fraction of sp³-hybridized carbons (Fsp3) is 0.909. The van der Waals surface area contributed by atoms with E-state index in [1.807, 2.05) is 6.92 Å². The molecule has 2 rings (SSSR count). The highest BCUT2D eigenvalue weighted by atomic mass is 32.2.